The van der Waals surface area contributed by atoms with Gasteiger partial charge in [0.25, 0.3) is 0 Å². The van der Waals surface area contributed by atoms with Crippen LogP contribution in [0.1, 0.15) is 31.2 Å². The average Bonchev–Trinajstić information content (AvgIpc) is 2.37. The normalized spacial score (nSPS) is 21.1. The van der Waals surface area contributed by atoms with Crippen molar-refractivity contribution in [2.24, 2.45) is 0 Å². The molecule has 1 fully saturated rings. The molecule has 0 saturated carbocycles. The Morgan fingerprint density at radius 1 is 1.39 bits per heavy atom. The minimum atomic E-state index is -0.300. The van der Waals surface area contributed by atoms with Crippen LogP contribution in [0.4, 0.5) is 10.1 Å². The van der Waals surface area contributed by atoms with Crippen LogP contribution in [0.5, 0.6) is 0 Å². The first-order valence-electron chi connectivity index (χ1n) is 6.60. The molecule has 1 atom stereocenters. The Morgan fingerprint density at radius 2 is 2.22 bits per heavy atom. The molecule has 1 aromatic rings. The molecule has 18 heavy (non-hydrogen) atoms. The van der Waals surface area contributed by atoms with Gasteiger partial charge in [-0.15, -0.1) is 0 Å². The fraction of sp³-hybridized carbons (Fsp3) is 0.571. The van der Waals surface area contributed by atoms with Crippen LogP contribution in [-0.4, -0.2) is 29.2 Å². The van der Waals surface area contributed by atoms with E-state index in [9.17, 15) is 4.39 Å². The van der Waals surface area contributed by atoms with Crippen LogP contribution in [0, 0.1) is 5.82 Å². The van der Waals surface area contributed by atoms with E-state index in [1.54, 1.807) is 18.2 Å². The first-order chi connectivity index (χ1) is 8.72. The summed E-state index contributed by atoms with van der Waals surface area (Å²) in [5.74, 6) is -0.300. The number of likely N-dealkylation sites (tertiary alicyclic amines) is 1. The topological polar surface area (TPSA) is 49.5 Å². The summed E-state index contributed by atoms with van der Waals surface area (Å²) in [5, 5.41) is 9.08. The molecule has 4 heteroatoms. The summed E-state index contributed by atoms with van der Waals surface area (Å²) < 4.78 is 13.9. The molecule has 0 aliphatic carbocycles. The number of aliphatic hydroxyl groups is 1. The number of benzene rings is 1. The Hall–Kier alpha value is -1.13. The average molecular weight is 252 g/mol. The lowest BCUT2D eigenvalue weighted by Crippen LogP contribution is -2.39. The third-order valence-electron chi connectivity index (χ3n) is 3.69. The van der Waals surface area contributed by atoms with Crippen molar-refractivity contribution in [2.75, 3.05) is 18.9 Å². The lowest BCUT2D eigenvalue weighted by Gasteiger charge is -2.35. The van der Waals surface area contributed by atoms with Gasteiger partial charge in [-0.1, -0.05) is 18.6 Å². The minimum Gasteiger partial charge on any atom is -0.396 e. The van der Waals surface area contributed by atoms with Gasteiger partial charge in [-0.25, -0.2) is 4.39 Å². The summed E-state index contributed by atoms with van der Waals surface area (Å²) in [6.07, 6.45) is 4.20. The first-order valence-corrected chi connectivity index (χ1v) is 6.60. The van der Waals surface area contributed by atoms with Gasteiger partial charge in [-0.3, -0.25) is 4.90 Å². The number of halogens is 1. The molecule has 0 bridgehead atoms. The van der Waals surface area contributed by atoms with E-state index in [4.69, 9.17) is 10.8 Å². The number of piperidine rings is 1. The third kappa shape index (κ3) is 3.00. The van der Waals surface area contributed by atoms with Gasteiger partial charge in [0.15, 0.2) is 5.82 Å². The minimum absolute atomic E-state index is 0.195. The van der Waals surface area contributed by atoms with E-state index >= 15 is 0 Å². The predicted octanol–water partition coefficient (Wildman–Crippen LogP) is 2.14. The fourth-order valence-corrected chi connectivity index (χ4v) is 2.68. The largest absolute Gasteiger partial charge is 0.396 e. The number of rotatable bonds is 4. The molecule has 100 valence electrons. The van der Waals surface area contributed by atoms with Crippen molar-refractivity contribution in [2.45, 2.75) is 38.3 Å². The lowest BCUT2D eigenvalue weighted by molar-refractivity contribution is 0.111. The molecule has 1 aromatic carbocycles. The van der Waals surface area contributed by atoms with Crippen molar-refractivity contribution in [3.63, 3.8) is 0 Å². The zero-order chi connectivity index (χ0) is 13.0. The van der Waals surface area contributed by atoms with Gasteiger partial charge < -0.3 is 10.8 Å². The number of nitrogen functional groups attached to an aromatic ring is 1. The molecular weight excluding hydrogens is 231 g/mol. The highest BCUT2D eigenvalue weighted by molar-refractivity contribution is 5.42. The Bertz CT molecular complexity index is 395. The SMILES string of the molecule is Nc1cccc(CN2CCCCC2CCO)c1F. The Morgan fingerprint density at radius 3 is 3.00 bits per heavy atom. The summed E-state index contributed by atoms with van der Waals surface area (Å²) in [6.45, 7) is 1.75. The molecule has 2 rings (SSSR count). The highest BCUT2D eigenvalue weighted by atomic mass is 19.1. The number of hydrogen-bond donors (Lipinski definition) is 2. The summed E-state index contributed by atoms with van der Waals surface area (Å²) in [4.78, 5) is 2.26. The number of aliphatic hydroxyl groups excluding tert-OH is 1. The van der Waals surface area contributed by atoms with Crippen molar-refractivity contribution >= 4 is 5.69 Å². The van der Waals surface area contributed by atoms with Gasteiger partial charge in [-0.05, 0) is 31.9 Å². The van der Waals surface area contributed by atoms with Crippen LogP contribution < -0.4 is 5.73 Å². The third-order valence-corrected chi connectivity index (χ3v) is 3.69. The summed E-state index contributed by atoms with van der Waals surface area (Å²) in [6, 6.07) is 5.53. The molecule has 0 aromatic heterocycles. The van der Waals surface area contributed by atoms with Gasteiger partial charge >= 0.3 is 0 Å². The smallest absolute Gasteiger partial charge is 0.150 e. The molecule has 3 nitrogen and oxygen atoms in total. The monoisotopic (exact) mass is 252 g/mol. The quantitative estimate of drug-likeness (QED) is 0.807. The van der Waals surface area contributed by atoms with Crippen molar-refractivity contribution in [3.8, 4) is 0 Å². The maximum atomic E-state index is 13.9. The van der Waals surface area contributed by atoms with Crippen molar-refractivity contribution in [1.82, 2.24) is 4.90 Å². The molecule has 0 amide bonds. The fourth-order valence-electron chi connectivity index (χ4n) is 2.68. The van der Waals surface area contributed by atoms with Crippen LogP contribution in [0.25, 0.3) is 0 Å². The van der Waals surface area contributed by atoms with Crippen molar-refractivity contribution in [3.05, 3.63) is 29.6 Å². The second-order valence-electron chi connectivity index (χ2n) is 4.95. The van der Waals surface area contributed by atoms with Crippen LogP contribution >= 0.6 is 0 Å². The van der Waals surface area contributed by atoms with E-state index in [1.165, 1.54) is 6.42 Å². The maximum absolute atomic E-state index is 13.9. The summed E-state index contributed by atoms with van der Waals surface area (Å²) in [5.41, 5.74) is 6.45. The van der Waals surface area contributed by atoms with Crippen molar-refractivity contribution < 1.29 is 9.50 Å². The predicted molar refractivity (Wildman–Crippen MR) is 70.6 cm³/mol. The number of nitrogens with two attached hydrogens (primary N) is 1. The standard InChI is InChI=1S/C14H21FN2O/c15-14-11(4-3-6-13(14)16)10-17-8-2-1-5-12(17)7-9-18/h3-4,6,12,18H,1-2,5,7-10,16H2. The first kappa shape index (κ1) is 13.3. The molecule has 1 unspecified atom stereocenters. The van der Waals surface area contributed by atoms with Gasteiger partial charge in [0.05, 0.1) is 5.69 Å². The number of anilines is 1. The van der Waals surface area contributed by atoms with E-state index in [-0.39, 0.29) is 18.1 Å². The Balaban J connectivity index is 2.08. The molecular formula is C14H21FN2O. The van der Waals surface area contributed by atoms with E-state index in [1.807, 2.05) is 0 Å². The highest BCUT2D eigenvalue weighted by Crippen LogP contribution is 2.24. The van der Waals surface area contributed by atoms with E-state index in [2.05, 4.69) is 4.90 Å². The van der Waals surface area contributed by atoms with Crippen LogP contribution in [-0.2, 0) is 6.54 Å². The van der Waals surface area contributed by atoms with E-state index in [0.717, 1.165) is 25.8 Å². The van der Waals surface area contributed by atoms with E-state index in [0.29, 0.717) is 18.2 Å². The molecule has 1 aliphatic rings. The van der Waals surface area contributed by atoms with Crippen LogP contribution in [0.15, 0.2) is 18.2 Å². The van der Waals surface area contributed by atoms with Crippen LogP contribution in [0.3, 0.4) is 0 Å². The Kier molecular flexibility index (Phi) is 4.55. The van der Waals surface area contributed by atoms with Crippen LogP contribution in [0.2, 0.25) is 0 Å². The second-order valence-corrected chi connectivity index (χ2v) is 4.95. The van der Waals surface area contributed by atoms with Crippen molar-refractivity contribution in [1.29, 1.82) is 0 Å². The number of hydrogen-bond acceptors (Lipinski definition) is 3. The number of nitrogens with zero attached hydrogens (tertiary/aromatic N) is 1. The molecule has 1 heterocycles. The zero-order valence-corrected chi connectivity index (χ0v) is 10.6. The summed E-state index contributed by atoms with van der Waals surface area (Å²) >= 11 is 0. The highest BCUT2D eigenvalue weighted by Gasteiger charge is 2.22. The van der Waals surface area contributed by atoms with Gasteiger partial charge in [0.1, 0.15) is 0 Å². The molecule has 1 aliphatic heterocycles. The van der Waals surface area contributed by atoms with Gasteiger partial charge in [0, 0.05) is 24.8 Å². The Labute approximate surface area is 107 Å². The zero-order valence-electron chi connectivity index (χ0n) is 10.6. The molecule has 1 saturated heterocycles. The second kappa shape index (κ2) is 6.16. The lowest BCUT2D eigenvalue weighted by atomic mass is 9.98. The van der Waals surface area contributed by atoms with Gasteiger partial charge in [0.2, 0.25) is 0 Å². The van der Waals surface area contributed by atoms with E-state index < -0.39 is 0 Å². The molecule has 0 radical (unpaired) electrons. The maximum Gasteiger partial charge on any atom is 0.150 e. The van der Waals surface area contributed by atoms with Gasteiger partial charge in [-0.2, -0.15) is 0 Å². The molecule has 3 N–H and O–H groups in total. The molecule has 0 spiro atoms. The summed E-state index contributed by atoms with van der Waals surface area (Å²) in [7, 11) is 0.